The Hall–Kier alpha value is -2.07. The molecule has 0 aliphatic carbocycles. The van der Waals surface area contributed by atoms with E-state index in [9.17, 15) is 13.2 Å². The number of Topliss-reactive ketones (excluding diaryl/α,β-unsaturated/α-hetero) is 1. The molecule has 0 unspecified atom stereocenters. The number of ketones is 1. The first kappa shape index (κ1) is 25.2. The summed E-state index contributed by atoms with van der Waals surface area (Å²) in [7, 11) is 1.72. The number of hydrogen-bond donors (Lipinski definition) is 2. The first-order chi connectivity index (χ1) is 14.7. The monoisotopic (exact) mass is 449 g/mol. The van der Waals surface area contributed by atoms with Gasteiger partial charge in [-0.1, -0.05) is 43.2 Å². The summed E-state index contributed by atoms with van der Waals surface area (Å²) in [5, 5.41) is 0. The van der Waals surface area contributed by atoms with Crippen LogP contribution in [-0.2, 0) is 15.0 Å². The van der Waals surface area contributed by atoms with E-state index in [-0.39, 0.29) is 5.78 Å². The van der Waals surface area contributed by atoms with Crippen molar-refractivity contribution in [2.24, 2.45) is 0 Å². The van der Waals surface area contributed by atoms with Crippen LogP contribution in [0.2, 0.25) is 0 Å². The van der Waals surface area contributed by atoms with E-state index >= 15 is 0 Å². The molecule has 0 aliphatic heterocycles. The third-order valence-corrected chi connectivity index (χ3v) is 6.68. The average molecular weight is 450 g/mol. The third kappa shape index (κ3) is 8.53. The minimum absolute atomic E-state index is 0.179. The van der Waals surface area contributed by atoms with Crippen LogP contribution in [0.4, 0.5) is 0 Å². The van der Waals surface area contributed by atoms with Crippen molar-refractivity contribution < 1.29 is 13.2 Å². The first-order valence-corrected chi connectivity index (χ1v) is 12.1. The fraction of sp³-hybridized carbons (Fsp3) is 0.545. The van der Waals surface area contributed by atoms with Crippen LogP contribution in [0.3, 0.4) is 0 Å². The van der Waals surface area contributed by atoms with Gasteiger partial charge in [0.1, 0.15) is 11.6 Å². The molecule has 8 nitrogen and oxygen atoms in total. The first-order valence-electron chi connectivity index (χ1n) is 10.7. The lowest BCUT2D eigenvalue weighted by molar-refractivity contribution is -0.117. The van der Waals surface area contributed by atoms with Crippen molar-refractivity contribution in [1.82, 2.24) is 23.9 Å². The van der Waals surface area contributed by atoms with E-state index in [1.165, 1.54) is 4.31 Å². The number of hydrogen-bond acceptors (Lipinski definition) is 5. The van der Waals surface area contributed by atoms with E-state index in [0.29, 0.717) is 31.8 Å². The fourth-order valence-corrected chi connectivity index (χ4v) is 4.25. The number of nitrogens with one attached hydrogen (secondary N) is 2. The van der Waals surface area contributed by atoms with E-state index < -0.39 is 16.3 Å². The van der Waals surface area contributed by atoms with Gasteiger partial charge in [0.25, 0.3) is 10.2 Å². The highest BCUT2D eigenvalue weighted by Gasteiger charge is 2.25. The second kappa shape index (κ2) is 12.1. The molecular weight excluding hydrogens is 414 g/mol. The van der Waals surface area contributed by atoms with Crippen LogP contribution in [0, 0.1) is 0 Å². The van der Waals surface area contributed by atoms with Crippen LogP contribution in [-0.4, -0.2) is 67.6 Å². The maximum Gasteiger partial charge on any atom is 0.279 e. The number of nitrogens with zero attached hydrogens (tertiary/aromatic N) is 3. The van der Waals surface area contributed by atoms with Crippen LogP contribution >= 0.6 is 0 Å². The Morgan fingerprint density at radius 3 is 2.45 bits per heavy atom. The highest BCUT2D eigenvalue weighted by atomic mass is 32.2. The average Bonchev–Trinajstić information content (AvgIpc) is 3.21. The Labute approximate surface area is 186 Å². The minimum atomic E-state index is -3.67. The molecule has 0 spiro atoms. The lowest BCUT2D eigenvalue weighted by Gasteiger charge is -2.23. The number of carbonyl (C=O) groups excluding carboxylic acids is 1. The minimum Gasteiger partial charge on any atom is -0.341 e. The number of carbonyl (C=O) groups is 1. The number of likely N-dealkylation sites (N-methyl/N-ethyl adjacent to an activating group) is 2. The molecular formula is C22H35N5O3S. The number of unbranched alkanes of at least 4 members (excludes halogenated alkanes) is 2. The summed E-state index contributed by atoms with van der Waals surface area (Å²) < 4.78 is 29.9. The molecule has 0 aliphatic rings. The van der Waals surface area contributed by atoms with Gasteiger partial charge in [-0.25, -0.2) is 4.98 Å². The molecule has 172 valence electrons. The molecule has 0 saturated carbocycles. The maximum absolute atomic E-state index is 12.9. The smallest absolute Gasteiger partial charge is 0.279 e. The van der Waals surface area contributed by atoms with Crippen LogP contribution in [0.25, 0.3) is 11.3 Å². The fourth-order valence-electron chi connectivity index (χ4n) is 3.16. The number of benzene rings is 1. The summed E-state index contributed by atoms with van der Waals surface area (Å²) in [5.41, 5.74) is 1.84. The lowest BCUT2D eigenvalue weighted by atomic mass is 10.1. The highest BCUT2D eigenvalue weighted by molar-refractivity contribution is 7.87. The Bertz CT molecular complexity index is 912. The predicted molar refractivity (Wildman–Crippen MR) is 124 cm³/mol. The van der Waals surface area contributed by atoms with E-state index in [0.717, 1.165) is 30.5 Å². The van der Waals surface area contributed by atoms with E-state index in [4.69, 9.17) is 0 Å². The number of aromatic nitrogens is 2. The van der Waals surface area contributed by atoms with Gasteiger partial charge in [-0.05, 0) is 39.4 Å². The number of imidazole rings is 1. The largest absolute Gasteiger partial charge is 0.341 e. The Kier molecular flexibility index (Phi) is 9.83. The van der Waals surface area contributed by atoms with Crippen LogP contribution in [0.1, 0.15) is 50.9 Å². The molecule has 0 amide bonds. The van der Waals surface area contributed by atoms with Gasteiger partial charge in [-0.3, -0.25) is 0 Å². The summed E-state index contributed by atoms with van der Waals surface area (Å²) in [6.45, 7) is 2.61. The van der Waals surface area contributed by atoms with Crippen molar-refractivity contribution in [3.05, 3.63) is 42.4 Å². The van der Waals surface area contributed by atoms with Crippen molar-refractivity contribution >= 4 is 16.0 Å². The van der Waals surface area contributed by atoms with Gasteiger partial charge in [0.15, 0.2) is 0 Å². The molecule has 0 bridgehead atoms. The van der Waals surface area contributed by atoms with Crippen LogP contribution in [0.5, 0.6) is 0 Å². The van der Waals surface area contributed by atoms with Gasteiger partial charge in [0.2, 0.25) is 0 Å². The topological polar surface area (TPSA) is 98.4 Å². The zero-order valence-electron chi connectivity index (χ0n) is 19.0. The summed E-state index contributed by atoms with van der Waals surface area (Å²) in [6.07, 6.45) is 5.36. The molecule has 1 aromatic heterocycles. The van der Waals surface area contributed by atoms with Crippen molar-refractivity contribution in [2.45, 2.75) is 45.1 Å². The van der Waals surface area contributed by atoms with Gasteiger partial charge in [-0.2, -0.15) is 17.4 Å². The number of H-pyrrole nitrogens is 1. The van der Waals surface area contributed by atoms with E-state index in [1.54, 1.807) is 20.2 Å². The van der Waals surface area contributed by atoms with Gasteiger partial charge < -0.3 is 14.7 Å². The van der Waals surface area contributed by atoms with Crippen LogP contribution < -0.4 is 4.72 Å². The molecule has 2 rings (SSSR count). The SMILES string of the molecule is CC(=O)CCCCC[C@H](NS(=O)(=O)N(C)CCN(C)C)c1ncc(-c2ccccc2)[nH]1. The Balaban J connectivity index is 2.12. The quantitative estimate of drug-likeness (QED) is 0.432. The van der Waals surface area contributed by atoms with E-state index in [1.807, 2.05) is 49.3 Å². The summed E-state index contributed by atoms with van der Waals surface area (Å²) in [6, 6.07) is 9.33. The number of aromatic amines is 1. The van der Waals surface area contributed by atoms with E-state index in [2.05, 4.69) is 14.7 Å². The van der Waals surface area contributed by atoms with Gasteiger partial charge >= 0.3 is 0 Å². The summed E-state index contributed by atoms with van der Waals surface area (Å²) >= 11 is 0. The summed E-state index contributed by atoms with van der Waals surface area (Å²) in [4.78, 5) is 20.9. The second-order valence-electron chi connectivity index (χ2n) is 8.15. The Morgan fingerprint density at radius 1 is 1.10 bits per heavy atom. The molecule has 0 radical (unpaired) electrons. The number of rotatable bonds is 14. The molecule has 0 fully saturated rings. The van der Waals surface area contributed by atoms with Crippen molar-refractivity contribution in [2.75, 3.05) is 34.2 Å². The standard InChI is InChI=1S/C22H35N5O3S/c1-18(28)11-7-5-10-14-20(25-31(29,30)27(4)16-15-26(2)3)22-23-17-21(24-22)19-12-8-6-9-13-19/h6,8-9,12-13,17,20,25H,5,7,10-11,14-16H2,1-4H3,(H,23,24)/t20-/m0/s1. The second-order valence-corrected chi connectivity index (χ2v) is 9.96. The lowest BCUT2D eigenvalue weighted by Crippen LogP contribution is -2.43. The molecule has 1 atom stereocenters. The highest BCUT2D eigenvalue weighted by Crippen LogP contribution is 2.23. The normalized spacial score (nSPS) is 13.1. The van der Waals surface area contributed by atoms with Crippen molar-refractivity contribution in [3.8, 4) is 11.3 Å². The van der Waals surface area contributed by atoms with Crippen LogP contribution in [0.15, 0.2) is 36.5 Å². The van der Waals surface area contributed by atoms with Gasteiger partial charge in [-0.15, -0.1) is 0 Å². The molecule has 0 saturated heterocycles. The summed E-state index contributed by atoms with van der Waals surface area (Å²) in [5.74, 6) is 0.772. The molecule has 2 N–H and O–H groups in total. The maximum atomic E-state index is 12.9. The molecule has 1 heterocycles. The molecule has 31 heavy (non-hydrogen) atoms. The zero-order valence-corrected chi connectivity index (χ0v) is 19.8. The zero-order chi connectivity index (χ0) is 22.9. The van der Waals surface area contributed by atoms with Crippen molar-refractivity contribution in [3.63, 3.8) is 0 Å². The van der Waals surface area contributed by atoms with Gasteiger partial charge in [0, 0.05) is 26.6 Å². The molecule has 1 aromatic carbocycles. The van der Waals surface area contributed by atoms with Crippen molar-refractivity contribution in [1.29, 1.82) is 0 Å². The molecule has 9 heteroatoms. The van der Waals surface area contributed by atoms with Gasteiger partial charge in [0.05, 0.1) is 17.9 Å². The third-order valence-electron chi connectivity index (χ3n) is 5.10. The molecule has 2 aromatic rings. The Morgan fingerprint density at radius 2 is 1.81 bits per heavy atom. The predicted octanol–water partition coefficient (Wildman–Crippen LogP) is 2.99.